The molecule has 0 bridgehead atoms. The molecule has 1 aliphatic heterocycles. The third-order valence-electron chi connectivity index (χ3n) is 5.54. The van der Waals surface area contributed by atoms with Gasteiger partial charge in [0.25, 0.3) is 10.0 Å². The Bertz CT molecular complexity index is 1170. The van der Waals surface area contributed by atoms with E-state index in [2.05, 4.69) is 5.32 Å². The molecule has 0 saturated carbocycles. The summed E-state index contributed by atoms with van der Waals surface area (Å²) in [7, 11) is -4.22. The number of thiophene rings is 1. The van der Waals surface area contributed by atoms with Gasteiger partial charge in [-0.05, 0) is 43.0 Å². The second kappa shape index (κ2) is 9.57. The Labute approximate surface area is 193 Å². The third-order valence-corrected chi connectivity index (χ3v) is 10.6. The van der Waals surface area contributed by atoms with Gasteiger partial charge in [0.1, 0.15) is 4.21 Å². The van der Waals surface area contributed by atoms with Crippen LogP contribution < -0.4 is 5.32 Å². The van der Waals surface area contributed by atoms with Gasteiger partial charge in [0.2, 0.25) is 15.9 Å². The maximum atomic E-state index is 12.9. The fraction of sp³-hybridized carbons (Fsp3) is 0.450. The number of anilines is 1. The summed E-state index contributed by atoms with van der Waals surface area (Å²) >= 11 is 1.19. The molecule has 1 amide bonds. The van der Waals surface area contributed by atoms with Crippen LogP contribution in [0.4, 0.5) is 5.69 Å². The first-order chi connectivity index (χ1) is 14.9. The number of nitrogens with zero attached hydrogens (tertiary/aromatic N) is 3. The van der Waals surface area contributed by atoms with Crippen LogP contribution in [-0.4, -0.2) is 82.6 Å². The van der Waals surface area contributed by atoms with Gasteiger partial charge in [-0.2, -0.15) is 4.31 Å². The van der Waals surface area contributed by atoms with Crippen molar-refractivity contribution in [2.24, 2.45) is 0 Å². The Morgan fingerprint density at radius 3 is 2.31 bits per heavy atom. The lowest BCUT2D eigenvalue weighted by atomic mass is 10.1. The minimum absolute atomic E-state index is 0.100. The van der Waals surface area contributed by atoms with E-state index in [1.807, 2.05) is 4.90 Å². The lowest BCUT2D eigenvalue weighted by Crippen LogP contribution is -2.53. The zero-order chi connectivity index (χ0) is 23.7. The van der Waals surface area contributed by atoms with E-state index in [4.69, 9.17) is 0 Å². The van der Waals surface area contributed by atoms with Gasteiger partial charge in [-0.25, -0.2) is 21.1 Å². The third kappa shape index (κ3) is 5.05. The standard InChI is InChI=1S/C20H28N4O5S3/c1-15-7-8-17(31(26,27)22(3)4)14-18(15)21-20(25)16(2)23-9-11-24(12-10-23)32(28,29)19-6-5-13-30-19/h5-8,13-14,16H,9-12H2,1-4H3,(H,21,25)/t16-/m1/s1. The predicted octanol–water partition coefficient (Wildman–Crippen LogP) is 1.64. The number of carbonyl (C=O) groups excluding carboxylic acids is 1. The molecule has 0 aliphatic carbocycles. The monoisotopic (exact) mass is 500 g/mol. The van der Waals surface area contributed by atoms with Crippen LogP contribution in [-0.2, 0) is 24.8 Å². The van der Waals surface area contributed by atoms with Gasteiger partial charge >= 0.3 is 0 Å². The van der Waals surface area contributed by atoms with Crippen LogP contribution in [0.15, 0.2) is 44.8 Å². The number of hydrogen-bond donors (Lipinski definition) is 1. The fourth-order valence-corrected chi connectivity index (χ4v) is 6.87. The van der Waals surface area contributed by atoms with Gasteiger partial charge in [0.05, 0.1) is 10.9 Å². The van der Waals surface area contributed by atoms with Crippen LogP contribution in [0.25, 0.3) is 0 Å². The molecule has 1 N–H and O–H groups in total. The minimum atomic E-state index is -3.62. The fourth-order valence-electron chi connectivity index (χ4n) is 3.38. The highest BCUT2D eigenvalue weighted by Gasteiger charge is 2.32. The van der Waals surface area contributed by atoms with Gasteiger partial charge < -0.3 is 5.32 Å². The van der Waals surface area contributed by atoms with Crippen molar-refractivity contribution in [2.45, 2.75) is 29.0 Å². The SMILES string of the molecule is Cc1ccc(S(=O)(=O)N(C)C)cc1NC(=O)[C@@H](C)N1CCN(S(=O)(=O)c2cccs2)CC1. The average Bonchev–Trinajstić information content (AvgIpc) is 3.30. The second-order valence-electron chi connectivity index (χ2n) is 7.80. The van der Waals surface area contributed by atoms with Crippen molar-refractivity contribution in [3.05, 3.63) is 41.3 Å². The van der Waals surface area contributed by atoms with Gasteiger partial charge in [-0.15, -0.1) is 11.3 Å². The number of sulfonamides is 2. The van der Waals surface area contributed by atoms with E-state index in [1.165, 1.54) is 41.9 Å². The number of benzene rings is 1. The molecule has 0 unspecified atom stereocenters. The molecule has 1 fully saturated rings. The van der Waals surface area contributed by atoms with Crippen molar-refractivity contribution >= 4 is 43.0 Å². The first kappa shape index (κ1) is 24.8. The van der Waals surface area contributed by atoms with Crippen LogP contribution >= 0.6 is 11.3 Å². The maximum Gasteiger partial charge on any atom is 0.252 e. The summed E-state index contributed by atoms with van der Waals surface area (Å²) in [5, 5.41) is 4.56. The molecular formula is C20H28N4O5S3. The van der Waals surface area contributed by atoms with Crippen molar-refractivity contribution in [1.29, 1.82) is 0 Å². The summed E-state index contributed by atoms with van der Waals surface area (Å²) in [5.74, 6) is -0.276. The van der Waals surface area contributed by atoms with Gasteiger partial charge in [0.15, 0.2) is 0 Å². The molecule has 2 heterocycles. The van der Waals surface area contributed by atoms with Crippen molar-refractivity contribution in [1.82, 2.24) is 13.5 Å². The topological polar surface area (TPSA) is 107 Å². The van der Waals surface area contributed by atoms with E-state index in [1.54, 1.807) is 37.4 Å². The predicted molar refractivity (Wildman–Crippen MR) is 125 cm³/mol. The Kier molecular flexibility index (Phi) is 7.42. The number of carbonyl (C=O) groups is 1. The van der Waals surface area contributed by atoms with Crippen molar-refractivity contribution in [3.63, 3.8) is 0 Å². The number of rotatable bonds is 7. The molecule has 1 aromatic heterocycles. The number of piperazine rings is 1. The molecule has 3 rings (SSSR count). The Morgan fingerprint density at radius 1 is 1.09 bits per heavy atom. The van der Waals surface area contributed by atoms with E-state index in [0.717, 1.165) is 9.87 Å². The lowest BCUT2D eigenvalue weighted by Gasteiger charge is -2.36. The molecule has 1 saturated heterocycles. The molecule has 9 nitrogen and oxygen atoms in total. The Hall–Kier alpha value is -1.83. The normalized spacial score (nSPS) is 17.4. The number of nitrogens with one attached hydrogen (secondary N) is 1. The first-order valence-electron chi connectivity index (χ1n) is 10.1. The molecular weight excluding hydrogens is 472 g/mol. The Morgan fingerprint density at radius 2 is 1.75 bits per heavy atom. The second-order valence-corrected chi connectivity index (χ2v) is 13.1. The summed E-state index contributed by atoms with van der Waals surface area (Å²) in [6.07, 6.45) is 0. The highest BCUT2D eigenvalue weighted by molar-refractivity contribution is 7.91. The van der Waals surface area contributed by atoms with Gasteiger partial charge in [-0.3, -0.25) is 9.69 Å². The van der Waals surface area contributed by atoms with Gasteiger partial charge in [-0.1, -0.05) is 12.1 Å². The zero-order valence-corrected chi connectivity index (χ0v) is 20.9. The summed E-state index contributed by atoms with van der Waals surface area (Å²) in [4.78, 5) is 14.9. The summed E-state index contributed by atoms with van der Waals surface area (Å²) in [6, 6.07) is 7.43. The van der Waals surface area contributed by atoms with E-state index in [-0.39, 0.29) is 10.8 Å². The summed E-state index contributed by atoms with van der Waals surface area (Å²) < 4.78 is 53.1. The molecule has 0 spiro atoms. The van der Waals surface area contributed by atoms with Crippen LogP contribution in [0.2, 0.25) is 0 Å². The van der Waals surface area contributed by atoms with Crippen LogP contribution in [0.1, 0.15) is 12.5 Å². The van der Waals surface area contributed by atoms with E-state index >= 15 is 0 Å². The molecule has 32 heavy (non-hydrogen) atoms. The average molecular weight is 501 g/mol. The molecule has 1 aliphatic rings. The number of amides is 1. The number of aryl methyl sites for hydroxylation is 1. The molecule has 176 valence electrons. The van der Waals surface area contributed by atoms with Crippen molar-refractivity contribution < 1.29 is 21.6 Å². The van der Waals surface area contributed by atoms with Crippen LogP contribution in [0.3, 0.4) is 0 Å². The smallest absolute Gasteiger partial charge is 0.252 e. The van der Waals surface area contributed by atoms with Gasteiger partial charge in [0, 0.05) is 46.0 Å². The van der Waals surface area contributed by atoms with Crippen molar-refractivity contribution in [3.8, 4) is 0 Å². The molecule has 0 radical (unpaired) electrons. The summed E-state index contributed by atoms with van der Waals surface area (Å²) in [6.45, 7) is 5.00. The van der Waals surface area contributed by atoms with E-state index in [9.17, 15) is 21.6 Å². The van der Waals surface area contributed by atoms with E-state index in [0.29, 0.717) is 36.1 Å². The largest absolute Gasteiger partial charge is 0.324 e. The maximum absolute atomic E-state index is 12.9. The van der Waals surface area contributed by atoms with Crippen LogP contribution in [0, 0.1) is 6.92 Å². The molecule has 1 atom stereocenters. The Balaban J connectivity index is 1.66. The lowest BCUT2D eigenvalue weighted by molar-refractivity contribution is -0.121. The molecule has 1 aromatic carbocycles. The quantitative estimate of drug-likeness (QED) is 0.619. The van der Waals surface area contributed by atoms with Crippen molar-refractivity contribution in [2.75, 3.05) is 45.6 Å². The van der Waals surface area contributed by atoms with E-state index < -0.39 is 26.1 Å². The highest BCUT2D eigenvalue weighted by atomic mass is 32.2. The number of hydrogen-bond acceptors (Lipinski definition) is 7. The first-order valence-corrected chi connectivity index (χ1v) is 13.8. The highest BCUT2D eigenvalue weighted by Crippen LogP contribution is 2.24. The van der Waals surface area contributed by atoms with Crippen LogP contribution in [0.5, 0.6) is 0 Å². The molecule has 2 aromatic rings. The zero-order valence-electron chi connectivity index (χ0n) is 18.5. The molecule has 12 heteroatoms. The minimum Gasteiger partial charge on any atom is -0.324 e. The summed E-state index contributed by atoms with van der Waals surface area (Å²) in [5.41, 5.74) is 1.18.